The van der Waals surface area contributed by atoms with Crippen LogP contribution in [0.4, 0.5) is 10.5 Å². The zero-order chi connectivity index (χ0) is 10.6. The maximum Gasteiger partial charge on any atom is 0.321 e. The van der Waals surface area contributed by atoms with Gasteiger partial charge in [-0.2, -0.15) is 0 Å². The molecule has 1 N–H and O–H groups in total. The zero-order valence-corrected chi connectivity index (χ0v) is 9.01. The summed E-state index contributed by atoms with van der Waals surface area (Å²) in [5.74, 6) is 0.488. The van der Waals surface area contributed by atoms with Crippen molar-refractivity contribution in [2.24, 2.45) is 0 Å². The lowest BCUT2D eigenvalue weighted by atomic mass is 10.2. The van der Waals surface area contributed by atoms with Crippen LogP contribution in [0.25, 0.3) is 0 Å². The molecule has 0 unspecified atom stereocenters. The minimum absolute atomic E-state index is 0.136. The molecule has 1 rings (SSSR count). The third-order valence-electron chi connectivity index (χ3n) is 1.77. The van der Waals surface area contributed by atoms with Gasteiger partial charge in [0.05, 0.1) is 0 Å². The third kappa shape index (κ3) is 2.92. The molecule has 0 heterocycles. The van der Waals surface area contributed by atoms with E-state index < -0.39 is 0 Å². The van der Waals surface area contributed by atoms with Gasteiger partial charge in [-0.1, -0.05) is 12.1 Å². The lowest BCUT2D eigenvalue weighted by Gasteiger charge is -2.11. The topological polar surface area (TPSA) is 32.3 Å². The number of hydrogen-bond donors (Lipinski definition) is 1. The molecule has 76 valence electrons. The lowest BCUT2D eigenvalue weighted by molar-refractivity contribution is 0.230. The predicted octanol–water partition coefficient (Wildman–Crippen LogP) is 2.52. The molecule has 0 aromatic heterocycles. The Morgan fingerprint density at radius 2 is 1.93 bits per heavy atom. The molecule has 1 aromatic carbocycles. The number of nitrogens with zero attached hydrogens (tertiary/aromatic N) is 1. The Bertz CT molecular complexity index is 308. The summed E-state index contributed by atoms with van der Waals surface area (Å²) in [6.07, 6.45) is 0. The Hall–Kier alpha value is -1.22. The van der Waals surface area contributed by atoms with Gasteiger partial charge in [0.15, 0.2) is 0 Å². The van der Waals surface area contributed by atoms with Gasteiger partial charge in [0.2, 0.25) is 0 Å². The number of anilines is 1. The fraction of sp³-hybridized carbons (Fsp3) is 0.300. The average Bonchev–Trinajstić information content (AvgIpc) is 2.19. The summed E-state index contributed by atoms with van der Waals surface area (Å²) in [5.41, 5.74) is 1.81. The van der Waals surface area contributed by atoms with Crippen LogP contribution in [0.3, 0.4) is 0 Å². The fourth-order valence-electron chi connectivity index (χ4n) is 0.912. The molecule has 1 aromatic rings. The Morgan fingerprint density at radius 1 is 1.36 bits per heavy atom. The Morgan fingerprint density at radius 3 is 2.36 bits per heavy atom. The van der Waals surface area contributed by atoms with Crippen LogP contribution >= 0.6 is 11.6 Å². The first kappa shape index (κ1) is 10.9. The highest BCUT2D eigenvalue weighted by Crippen LogP contribution is 2.11. The molecule has 14 heavy (non-hydrogen) atoms. The van der Waals surface area contributed by atoms with Crippen molar-refractivity contribution >= 4 is 23.3 Å². The number of alkyl halides is 1. The van der Waals surface area contributed by atoms with E-state index in [9.17, 15) is 4.79 Å². The first-order valence-corrected chi connectivity index (χ1v) is 4.80. The van der Waals surface area contributed by atoms with Gasteiger partial charge < -0.3 is 10.2 Å². The molecule has 4 heteroatoms. The van der Waals surface area contributed by atoms with Crippen LogP contribution in [0.2, 0.25) is 0 Å². The van der Waals surface area contributed by atoms with Gasteiger partial charge in [-0.25, -0.2) is 4.79 Å². The number of carbonyl (C=O) groups excluding carboxylic acids is 1. The van der Waals surface area contributed by atoms with Crippen molar-refractivity contribution in [1.29, 1.82) is 0 Å². The smallest absolute Gasteiger partial charge is 0.321 e. The van der Waals surface area contributed by atoms with E-state index in [1.54, 1.807) is 14.1 Å². The first-order valence-electron chi connectivity index (χ1n) is 4.26. The van der Waals surface area contributed by atoms with Gasteiger partial charge in [0.1, 0.15) is 0 Å². The van der Waals surface area contributed by atoms with E-state index in [0.29, 0.717) is 5.88 Å². The predicted molar refractivity (Wildman–Crippen MR) is 58.7 cm³/mol. The van der Waals surface area contributed by atoms with Crippen LogP contribution < -0.4 is 5.32 Å². The number of urea groups is 1. The molecule has 0 bridgehead atoms. The van der Waals surface area contributed by atoms with Gasteiger partial charge in [0, 0.05) is 25.7 Å². The van der Waals surface area contributed by atoms with E-state index in [1.807, 2.05) is 24.3 Å². The molecule has 0 aliphatic rings. The molecular formula is C10H13ClN2O. The normalized spacial score (nSPS) is 9.64. The van der Waals surface area contributed by atoms with Crippen molar-refractivity contribution in [3.8, 4) is 0 Å². The summed E-state index contributed by atoms with van der Waals surface area (Å²) in [7, 11) is 3.39. The molecule has 2 amide bonds. The van der Waals surface area contributed by atoms with Gasteiger partial charge >= 0.3 is 6.03 Å². The highest BCUT2D eigenvalue weighted by molar-refractivity contribution is 6.17. The molecule has 0 aliphatic carbocycles. The van der Waals surface area contributed by atoms with Crippen LogP contribution in [0.5, 0.6) is 0 Å². The first-order chi connectivity index (χ1) is 6.63. The second-order valence-electron chi connectivity index (χ2n) is 3.16. The summed E-state index contributed by atoms with van der Waals surface area (Å²) in [4.78, 5) is 12.7. The molecule has 0 saturated carbocycles. The van der Waals surface area contributed by atoms with Crippen LogP contribution in [0, 0.1) is 0 Å². The van der Waals surface area contributed by atoms with E-state index in [0.717, 1.165) is 11.3 Å². The van der Waals surface area contributed by atoms with Crippen LogP contribution in [-0.4, -0.2) is 25.0 Å². The Labute approximate surface area is 88.7 Å². The lowest BCUT2D eigenvalue weighted by Crippen LogP contribution is -2.27. The molecule has 3 nitrogen and oxygen atoms in total. The molecule has 0 atom stereocenters. The van der Waals surface area contributed by atoms with Gasteiger partial charge in [-0.15, -0.1) is 11.6 Å². The van der Waals surface area contributed by atoms with Crippen LogP contribution in [0.1, 0.15) is 5.56 Å². The largest absolute Gasteiger partial charge is 0.331 e. The number of rotatable bonds is 2. The van der Waals surface area contributed by atoms with E-state index in [4.69, 9.17) is 11.6 Å². The van der Waals surface area contributed by atoms with Crippen molar-refractivity contribution < 1.29 is 4.79 Å². The molecule has 0 spiro atoms. The van der Waals surface area contributed by atoms with Crippen LogP contribution in [-0.2, 0) is 5.88 Å². The number of nitrogens with one attached hydrogen (secondary N) is 1. The highest BCUT2D eigenvalue weighted by atomic mass is 35.5. The van der Waals surface area contributed by atoms with Crippen molar-refractivity contribution in [3.63, 3.8) is 0 Å². The summed E-state index contributed by atoms with van der Waals surface area (Å²) in [6.45, 7) is 0. The number of halogens is 1. The van der Waals surface area contributed by atoms with E-state index >= 15 is 0 Å². The van der Waals surface area contributed by atoms with Crippen molar-refractivity contribution in [1.82, 2.24) is 4.90 Å². The average molecular weight is 213 g/mol. The number of hydrogen-bond acceptors (Lipinski definition) is 1. The Kier molecular flexibility index (Phi) is 3.77. The quantitative estimate of drug-likeness (QED) is 0.751. The number of amides is 2. The summed E-state index contributed by atoms with van der Waals surface area (Å²) in [5, 5.41) is 2.74. The van der Waals surface area contributed by atoms with E-state index in [1.165, 1.54) is 4.90 Å². The van der Waals surface area contributed by atoms with Crippen molar-refractivity contribution in [3.05, 3.63) is 29.8 Å². The second kappa shape index (κ2) is 4.86. The van der Waals surface area contributed by atoms with Crippen LogP contribution in [0.15, 0.2) is 24.3 Å². The van der Waals surface area contributed by atoms with Gasteiger partial charge in [-0.3, -0.25) is 0 Å². The van der Waals surface area contributed by atoms with Gasteiger partial charge in [-0.05, 0) is 17.7 Å². The maximum atomic E-state index is 11.3. The molecule has 0 radical (unpaired) electrons. The monoisotopic (exact) mass is 212 g/mol. The number of carbonyl (C=O) groups is 1. The minimum atomic E-state index is -0.136. The van der Waals surface area contributed by atoms with Gasteiger partial charge in [0.25, 0.3) is 0 Å². The van der Waals surface area contributed by atoms with E-state index in [2.05, 4.69) is 5.32 Å². The second-order valence-corrected chi connectivity index (χ2v) is 3.42. The van der Waals surface area contributed by atoms with Crippen molar-refractivity contribution in [2.75, 3.05) is 19.4 Å². The fourth-order valence-corrected chi connectivity index (χ4v) is 1.09. The molecular weight excluding hydrogens is 200 g/mol. The Balaban J connectivity index is 2.64. The standard InChI is InChI=1S/C10H13ClN2O/c1-13(2)10(14)12-9-5-3-8(7-11)4-6-9/h3-6H,7H2,1-2H3,(H,12,14). The summed E-state index contributed by atoms with van der Waals surface area (Å²) >= 11 is 5.64. The zero-order valence-electron chi connectivity index (χ0n) is 8.25. The number of benzene rings is 1. The molecule has 0 fully saturated rings. The highest BCUT2D eigenvalue weighted by Gasteiger charge is 2.02. The molecule has 0 saturated heterocycles. The SMILES string of the molecule is CN(C)C(=O)Nc1ccc(CCl)cc1. The minimum Gasteiger partial charge on any atom is -0.331 e. The van der Waals surface area contributed by atoms with Crippen molar-refractivity contribution in [2.45, 2.75) is 5.88 Å². The maximum absolute atomic E-state index is 11.3. The summed E-state index contributed by atoms with van der Waals surface area (Å²) in [6, 6.07) is 7.30. The molecule has 0 aliphatic heterocycles. The summed E-state index contributed by atoms with van der Waals surface area (Å²) < 4.78 is 0. The third-order valence-corrected chi connectivity index (χ3v) is 2.07. The van der Waals surface area contributed by atoms with E-state index in [-0.39, 0.29) is 6.03 Å².